The lowest BCUT2D eigenvalue weighted by atomic mass is 9.84. The second-order valence-corrected chi connectivity index (χ2v) is 17.1. The normalized spacial score (nSPS) is 20.7. The second kappa shape index (κ2) is 21.7. The number of amides is 4. The van der Waals surface area contributed by atoms with Gasteiger partial charge in [0.1, 0.15) is 48.5 Å². The van der Waals surface area contributed by atoms with E-state index in [0.717, 1.165) is 37.7 Å². The molecule has 2 aromatic heterocycles. The van der Waals surface area contributed by atoms with Crippen LogP contribution in [0.2, 0.25) is 0 Å². The van der Waals surface area contributed by atoms with E-state index in [2.05, 4.69) is 62.8 Å². The van der Waals surface area contributed by atoms with Gasteiger partial charge in [-0.25, -0.2) is 9.48 Å². The van der Waals surface area contributed by atoms with Crippen LogP contribution in [-0.2, 0) is 43.5 Å². The SMILES string of the molecule is COC(=O)C1Cc2ccc(cc2)OCCn2cc(nn2)COc2ccccc2C(=O)NC(CC2CCCCC2)C(=O)N2CCCC2C(=O)NCC(=O)N1.Cc1csc2ccccc12. The van der Waals surface area contributed by atoms with Crippen molar-refractivity contribution in [2.45, 2.75) is 96.0 Å². The van der Waals surface area contributed by atoms with Gasteiger partial charge in [0.05, 0.1) is 32.0 Å². The number of nitrogens with one attached hydrogen (secondary N) is 3. The Kier molecular flexibility index (Phi) is 15.4. The number of thiophene rings is 1. The van der Waals surface area contributed by atoms with E-state index in [1.165, 1.54) is 27.7 Å². The Hall–Kier alpha value is -6.29. The quantitative estimate of drug-likeness (QED) is 0.195. The number of methoxy groups -OCH3 is 1. The summed E-state index contributed by atoms with van der Waals surface area (Å²) in [5, 5.41) is 20.3. The summed E-state index contributed by atoms with van der Waals surface area (Å²) >= 11 is 1.81. The Balaban J connectivity index is 0.000000518. The number of esters is 1. The third-order valence-corrected chi connectivity index (χ3v) is 12.8. The number of rotatable bonds is 3. The number of fused-ring (bicyclic) bond motifs is 15. The van der Waals surface area contributed by atoms with Crippen LogP contribution >= 0.6 is 11.3 Å². The van der Waals surface area contributed by atoms with E-state index in [4.69, 9.17) is 14.2 Å². The minimum atomic E-state index is -0.997. The van der Waals surface area contributed by atoms with Gasteiger partial charge in [0.25, 0.3) is 5.91 Å². The summed E-state index contributed by atoms with van der Waals surface area (Å²) in [6, 6.07) is 19.8. The molecule has 332 valence electrons. The van der Waals surface area contributed by atoms with Crippen molar-refractivity contribution in [3.63, 3.8) is 0 Å². The second-order valence-electron chi connectivity index (χ2n) is 16.2. The molecule has 0 spiro atoms. The fraction of sp³-hybridized carbons (Fsp3) is 0.426. The van der Waals surface area contributed by atoms with E-state index in [1.54, 1.807) is 59.4 Å². The van der Waals surface area contributed by atoms with Gasteiger partial charge in [-0.2, -0.15) is 0 Å². The highest BCUT2D eigenvalue weighted by Gasteiger charge is 2.39. The number of aromatic nitrogens is 3. The highest BCUT2D eigenvalue weighted by atomic mass is 32.1. The molecule has 4 bridgehead atoms. The fourth-order valence-electron chi connectivity index (χ4n) is 8.35. The van der Waals surface area contributed by atoms with Crippen molar-refractivity contribution in [3.05, 3.63) is 107 Å². The molecule has 4 aliphatic rings. The van der Waals surface area contributed by atoms with Crippen LogP contribution < -0.4 is 25.4 Å². The Bertz CT molecular complexity index is 2360. The summed E-state index contributed by atoms with van der Waals surface area (Å²) in [7, 11) is 1.24. The van der Waals surface area contributed by atoms with E-state index >= 15 is 0 Å². The lowest BCUT2D eigenvalue weighted by molar-refractivity contribution is -0.145. The molecular formula is C47H55N7O8S. The summed E-state index contributed by atoms with van der Waals surface area (Å²) in [5.41, 5.74) is 2.97. The van der Waals surface area contributed by atoms with E-state index < -0.39 is 48.4 Å². The van der Waals surface area contributed by atoms with Crippen LogP contribution in [0.5, 0.6) is 11.5 Å². The first-order chi connectivity index (χ1) is 30.6. The smallest absolute Gasteiger partial charge is 0.328 e. The first-order valence-corrected chi connectivity index (χ1v) is 22.5. The maximum Gasteiger partial charge on any atom is 0.328 e. The topological polar surface area (TPSA) is 183 Å². The molecule has 9 rings (SSSR count). The van der Waals surface area contributed by atoms with Crippen molar-refractivity contribution in [2.75, 3.05) is 26.8 Å². The van der Waals surface area contributed by atoms with Crippen LogP contribution in [-0.4, -0.2) is 94.4 Å². The van der Waals surface area contributed by atoms with Crippen LogP contribution in [0, 0.1) is 12.8 Å². The molecule has 1 saturated heterocycles. The molecule has 3 N–H and O–H groups in total. The van der Waals surface area contributed by atoms with Gasteiger partial charge < -0.3 is 35.1 Å². The maximum absolute atomic E-state index is 14.3. The highest BCUT2D eigenvalue weighted by Crippen LogP contribution is 2.30. The van der Waals surface area contributed by atoms with E-state index in [1.807, 2.05) is 11.3 Å². The molecular weight excluding hydrogens is 823 g/mol. The number of hydrogen-bond donors (Lipinski definition) is 3. The molecule has 1 saturated carbocycles. The van der Waals surface area contributed by atoms with Crippen molar-refractivity contribution < 1.29 is 38.2 Å². The van der Waals surface area contributed by atoms with Gasteiger partial charge in [-0.15, -0.1) is 16.4 Å². The molecule has 5 heterocycles. The summed E-state index contributed by atoms with van der Waals surface area (Å²) in [6.45, 7) is 2.87. The molecule has 3 aromatic carbocycles. The average Bonchev–Trinajstić information content (AvgIpc) is 4.08. The van der Waals surface area contributed by atoms with Crippen LogP contribution in [0.4, 0.5) is 0 Å². The number of ether oxygens (including phenoxy) is 3. The summed E-state index contributed by atoms with van der Waals surface area (Å²) in [4.78, 5) is 68.8. The molecule has 16 heteroatoms. The zero-order chi connectivity index (χ0) is 44.1. The van der Waals surface area contributed by atoms with Gasteiger partial charge in [-0.1, -0.05) is 79.8 Å². The number of carbonyl (C=O) groups is 5. The van der Waals surface area contributed by atoms with Crippen LogP contribution in [0.3, 0.4) is 0 Å². The van der Waals surface area contributed by atoms with Gasteiger partial charge in [0.2, 0.25) is 17.7 Å². The van der Waals surface area contributed by atoms with Gasteiger partial charge in [0.15, 0.2) is 0 Å². The zero-order valence-electron chi connectivity index (χ0n) is 35.8. The zero-order valence-corrected chi connectivity index (χ0v) is 36.6. The Labute approximate surface area is 370 Å². The molecule has 3 atom stereocenters. The van der Waals surface area contributed by atoms with Crippen molar-refractivity contribution in [1.82, 2.24) is 35.8 Å². The Morgan fingerprint density at radius 1 is 0.889 bits per heavy atom. The van der Waals surface area contributed by atoms with Crippen LogP contribution in [0.15, 0.2) is 84.4 Å². The van der Waals surface area contributed by atoms with Crippen molar-refractivity contribution in [1.29, 1.82) is 0 Å². The minimum absolute atomic E-state index is 0.0611. The number of aryl methyl sites for hydroxylation is 1. The molecule has 2 fully saturated rings. The maximum atomic E-state index is 14.3. The van der Waals surface area contributed by atoms with E-state index in [0.29, 0.717) is 56.2 Å². The third-order valence-electron chi connectivity index (χ3n) is 11.7. The Morgan fingerprint density at radius 3 is 2.46 bits per heavy atom. The molecule has 15 nitrogen and oxygen atoms in total. The lowest BCUT2D eigenvalue weighted by Gasteiger charge is -2.31. The molecule has 5 aromatic rings. The predicted molar refractivity (Wildman–Crippen MR) is 237 cm³/mol. The number of para-hydroxylation sites is 1. The van der Waals surface area contributed by atoms with Crippen LogP contribution in [0.25, 0.3) is 10.1 Å². The standard InChI is InChI=1S/C38H47N7O8.C9H8S/c1-51-38(50)31-21-26-13-15-28(16-14-26)52-19-18-44-23-27(42-43-44)24-53-33-12-6-5-10-29(33)35(47)41-30(20-25-8-3-2-4-9-25)37(49)45-17-7-11-32(45)36(48)39-22-34(46)40-31;1-7-6-10-9-5-3-2-4-8(7)9/h5-6,10,12-16,23,25,30-32H,2-4,7-9,11,17-22,24H2,1H3,(H,39,48)(H,40,46)(H,41,47);2-6H,1H3. The summed E-state index contributed by atoms with van der Waals surface area (Å²) in [5.74, 6) is -1.30. The average molecular weight is 878 g/mol. The molecule has 63 heavy (non-hydrogen) atoms. The largest absolute Gasteiger partial charge is 0.492 e. The van der Waals surface area contributed by atoms with Gasteiger partial charge in [-0.05, 0) is 84.3 Å². The predicted octanol–water partition coefficient (Wildman–Crippen LogP) is 5.54. The first kappa shape index (κ1) is 44.8. The monoisotopic (exact) mass is 877 g/mol. The molecule has 0 radical (unpaired) electrons. The lowest BCUT2D eigenvalue weighted by Crippen LogP contribution is -2.55. The van der Waals surface area contributed by atoms with Gasteiger partial charge >= 0.3 is 5.97 Å². The molecule has 4 amide bonds. The Morgan fingerprint density at radius 2 is 1.67 bits per heavy atom. The van der Waals surface area contributed by atoms with E-state index in [-0.39, 0.29) is 30.4 Å². The number of nitrogens with zero attached hydrogens (tertiary/aromatic N) is 4. The number of benzene rings is 3. The highest BCUT2D eigenvalue weighted by molar-refractivity contribution is 7.17. The van der Waals surface area contributed by atoms with Crippen molar-refractivity contribution in [2.24, 2.45) is 5.92 Å². The third kappa shape index (κ3) is 12.0. The van der Waals surface area contributed by atoms with Crippen molar-refractivity contribution >= 4 is 51.0 Å². The number of carbonyl (C=O) groups excluding carboxylic acids is 5. The molecule has 3 unspecified atom stereocenters. The fourth-order valence-corrected chi connectivity index (χ4v) is 9.30. The van der Waals surface area contributed by atoms with Gasteiger partial charge in [-0.3, -0.25) is 19.2 Å². The van der Waals surface area contributed by atoms with Gasteiger partial charge in [0, 0.05) is 17.7 Å². The minimum Gasteiger partial charge on any atom is -0.492 e. The first-order valence-electron chi connectivity index (χ1n) is 21.7. The van der Waals surface area contributed by atoms with Crippen LogP contribution in [0.1, 0.15) is 78.5 Å². The van der Waals surface area contributed by atoms with Crippen molar-refractivity contribution in [3.8, 4) is 11.5 Å². The number of hydrogen-bond acceptors (Lipinski definition) is 11. The van der Waals surface area contributed by atoms with E-state index in [9.17, 15) is 24.0 Å². The molecule has 1 aliphatic carbocycles. The summed E-state index contributed by atoms with van der Waals surface area (Å²) < 4.78 is 19.9. The summed E-state index contributed by atoms with van der Waals surface area (Å²) in [6.07, 6.45) is 8.54. The molecule has 3 aliphatic heterocycles.